The Balaban J connectivity index is 1.74. The second-order valence-electron chi connectivity index (χ2n) is 5.21. The Bertz CT molecular complexity index is 762. The van der Waals surface area contributed by atoms with E-state index in [-0.39, 0.29) is 19.0 Å². The number of pyridine rings is 1. The number of anilines is 2. The van der Waals surface area contributed by atoms with E-state index in [1.54, 1.807) is 23.1 Å². The molecule has 1 amide bonds. The summed E-state index contributed by atoms with van der Waals surface area (Å²) in [5, 5.41) is 3.17. The Morgan fingerprint density at radius 3 is 2.96 bits per heavy atom. The van der Waals surface area contributed by atoms with E-state index in [4.69, 9.17) is 16.3 Å². The highest BCUT2D eigenvalue weighted by molar-refractivity contribution is 6.30. The lowest BCUT2D eigenvalue weighted by Crippen LogP contribution is -2.41. The maximum Gasteiger partial charge on any atom is 0.331 e. The van der Waals surface area contributed by atoms with Gasteiger partial charge in [-0.25, -0.2) is 9.78 Å². The van der Waals surface area contributed by atoms with Crippen molar-refractivity contribution in [3.05, 3.63) is 47.1 Å². The number of fused-ring (bicyclic) bond motifs is 1. The van der Waals surface area contributed by atoms with Crippen LogP contribution in [0.25, 0.3) is 0 Å². The van der Waals surface area contributed by atoms with Crippen LogP contribution in [0.1, 0.15) is 5.56 Å². The molecule has 23 heavy (non-hydrogen) atoms. The standard InChI is InChI=1S/C16H14ClN3O3/c1-10-2-4-13-12(6-10)20(9-16(22)23-13)8-15(21)19-14-5-3-11(17)7-18-14/h2-7H,8-9H2,1H3,(H,18,19,21). The summed E-state index contributed by atoms with van der Waals surface area (Å²) in [7, 11) is 0. The molecule has 1 N–H and O–H groups in total. The van der Waals surface area contributed by atoms with Gasteiger partial charge in [0.1, 0.15) is 12.4 Å². The maximum absolute atomic E-state index is 12.2. The Morgan fingerprint density at radius 2 is 2.22 bits per heavy atom. The third-order valence-electron chi connectivity index (χ3n) is 3.33. The van der Waals surface area contributed by atoms with Crippen molar-refractivity contribution < 1.29 is 14.3 Å². The summed E-state index contributed by atoms with van der Waals surface area (Å²) in [6, 6.07) is 8.72. The quantitative estimate of drug-likeness (QED) is 0.690. The number of carbonyl (C=O) groups is 2. The molecule has 0 fully saturated rings. The van der Waals surface area contributed by atoms with Gasteiger partial charge >= 0.3 is 5.97 Å². The molecule has 118 valence electrons. The van der Waals surface area contributed by atoms with Gasteiger partial charge in [-0.05, 0) is 36.8 Å². The Morgan fingerprint density at radius 1 is 1.39 bits per heavy atom. The molecule has 1 aromatic carbocycles. The average molecular weight is 332 g/mol. The van der Waals surface area contributed by atoms with E-state index >= 15 is 0 Å². The van der Waals surface area contributed by atoms with Gasteiger partial charge in [-0.15, -0.1) is 0 Å². The van der Waals surface area contributed by atoms with Crippen LogP contribution in [0.15, 0.2) is 36.5 Å². The lowest BCUT2D eigenvalue weighted by molar-refractivity contribution is -0.133. The fraction of sp³-hybridized carbons (Fsp3) is 0.188. The Kier molecular flexibility index (Phi) is 4.16. The summed E-state index contributed by atoms with van der Waals surface area (Å²) in [5.41, 5.74) is 1.75. The number of halogens is 1. The predicted molar refractivity (Wildman–Crippen MR) is 86.9 cm³/mol. The molecule has 0 radical (unpaired) electrons. The Hall–Kier alpha value is -2.60. The van der Waals surface area contributed by atoms with E-state index in [2.05, 4.69) is 10.3 Å². The first-order valence-electron chi connectivity index (χ1n) is 6.99. The number of aryl methyl sites for hydroxylation is 1. The molecule has 2 aromatic rings. The van der Waals surface area contributed by atoms with Gasteiger partial charge in [0.2, 0.25) is 5.91 Å². The first-order chi connectivity index (χ1) is 11.0. The smallest absolute Gasteiger partial charge is 0.331 e. The van der Waals surface area contributed by atoms with Crippen molar-refractivity contribution in [3.63, 3.8) is 0 Å². The van der Waals surface area contributed by atoms with Crippen LogP contribution in [0, 0.1) is 6.92 Å². The lowest BCUT2D eigenvalue weighted by Gasteiger charge is -2.29. The summed E-state index contributed by atoms with van der Waals surface area (Å²) in [6.45, 7) is 1.99. The number of rotatable bonds is 3. The van der Waals surface area contributed by atoms with Crippen LogP contribution in [-0.2, 0) is 9.59 Å². The first kappa shape index (κ1) is 15.3. The van der Waals surface area contributed by atoms with E-state index < -0.39 is 5.97 Å². The van der Waals surface area contributed by atoms with Crippen LogP contribution in [0.4, 0.5) is 11.5 Å². The van der Waals surface area contributed by atoms with Crippen LogP contribution < -0.4 is 15.0 Å². The number of nitrogens with zero attached hydrogens (tertiary/aromatic N) is 2. The van der Waals surface area contributed by atoms with Crippen molar-refractivity contribution in [2.75, 3.05) is 23.3 Å². The van der Waals surface area contributed by atoms with E-state index in [1.165, 1.54) is 6.20 Å². The number of carbonyl (C=O) groups excluding carboxylic acids is 2. The zero-order chi connectivity index (χ0) is 16.4. The molecule has 3 rings (SSSR count). The van der Waals surface area contributed by atoms with Crippen molar-refractivity contribution >= 4 is 35.0 Å². The fourth-order valence-electron chi connectivity index (χ4n) is 2.30. The zero-order valence-electron chi connectivity index (χ0n) is 12.4. The topological polar surface area (TPSA) is 71.5 Å². The van der Waals surface area contributed by atoms with Gasteiger partial charge in [0.05, 0.1) is 17.3 Å². The van der Waals surface area contributed by atoms with Gasteiger partial charge < -0.3 is 15.0 Å². The summed E-state index contributed by atoms with van der Waals surface area (Å²) >= 11 is 5.76. The third kappa shape index (κ3) is 3.60. The van der Waals surface area contributed by atoms with E-state index in [1.807, 2.05) is 19.1 Å². The van der Waals surface area contributed by atoms with Gasteiger partial charge in [-0.2, -0.15) is 0 Å². The second-order valence-corrected chi connectivity index (χ2v) is 5.65. The monoisotopic (exact) mass is 331 g/mol. The molecular weight excluding hydrogens is 318 g/mol. The summed E-state index contributed by atoms with van der Waals surface area (Å²) in [6.07, 6.45) is 1.45. The number of ether oxygens (including phenoxy) is 1. The third-order valence-corrected chi connectivity index (χ3v) is 3.55. The molecule has 0 saturated carbocycles. The van der Waals surface area contributed by atoms with Gasteiger partial charge in [-0.3, -0.25) is 4.79 Å². The number of hydrogen-bond acceptors (Lipinski definition) is 5. The van der Waals surface area contributed by atoms with E-state index in [0.29, 0.717) is 16.6 Å². The van der Waals surface area contributed by atoms with E-state index in [9.17, 15) is 9.59 Å². The maximum atomic E-state index is 12.2. The molecule has 1 aromatic heterocycles. The second kappa shape index (κ2) is 6.26. The number of benzene rings is 1. The largest absolute Gasteiger partial charge is 0.423 e. The van der Waals surface area contributed by atoms with Crippen molar-refractivity contribution in [3.8, 4) is 5.75 Å². The molecule has 0 aliphatic carbocycles. The molecule has 0 bridgehead atoms. The van der Waals surface area contributed by atoms with Crippen LogP contribution >= 0.6 is 11.6 Å². The number of hydrogen-bond donors (Lipinski definition) is 1. The summed E-state index contributed by atoms with van der Waals surface area (Å²) in [4.78, 5) is 29.6. The molecule has 0 atom stereocenters. The predicted octanol–water partition coefficient (Wildman–Crippen LogP) is 2.41. The first-order valence-corrected chi connectivity index (χ1v) is 7.37. The summed E-state index contributed by atoms with van der Waals surface area (Å²) < 4.78 is 5.19. The average Bonchev–Trinajstić information content (AvgIpc) is 2.50. The number of aromatic nitrogens is 1. The van der Waals surface area contributed by atoms with Gasteiger partial charge in [0, 0.05) is 6.20 Å². The van der Waals surface area contributed by atoms with Gasteiger partial charge in [-0.1, -0.05) is 17.7 Å². The fourth-order valence-corrected chi connectivity index (χ4v) is 2.42. The van der Waals surface area contributed by atoms with Gasteiger partial charge in [0.15, 0.2) is 5.75 Å². The molecule has 1 aliphatic rings. The van der Waals surface area contributed by atoms with Crippen molar-refractivity contribution in [1.82, 2.24) is 4.98 Å². The molecule has 1 aliphatic heterocycles. The minimum Gasteiger partial charge on any atom is -0.423 e. The van der Waals surface area contributed by atoms with Crippen molar-refractivity contribution in [1.29, 1.82) is 0 Å². The minimum atomic E-state index is -0.390. The lowest BCUT2D eigenvalue weighted by atomic mass is 10.1. The normalized spacial score (nSPS) is 13.3. The van der Waals surface area contributed by atoms with Crippen molar-refractivity contribution in [2.24, 2.45) is 0 Å². The molecule has 0 saturated heterocycles. The molecule has 7 heteroatoms. The number of amides is 1. The van der Waals surface area contributed by atoms with Crippen LogP contribution in [-0.4, -0.2) is 29.9 Å². The highest BCUT2D eigenvalue weighted by Gasteiger charge is 2.25. The van der Waals surface area contributed by atoms with Crippen molar-refractivity contribution in [2.45, 2.75) is 6.92 Å². The molecular formula is C16H14ClN3O3. The number of nitrogens with one attached hydrogen (secondary N) is 1. The summed E-state index contributed by atoms with van der Waals surface area (Å²) in [5.74, 6) is 0.202. The molecule has 0 spiro atoms. The molecule has 2 heterocycles. The van der Waals surface area contributed by atoms with Crippen LogP contribution in [0.5, 0.6) is 5.75 Å². The highest BCUT2D eigenvalue weighted by atomic mass is 35.5. The van der Waals surface area contributed by atoms with Crippen LogP contribution in [0.3, 0.4) is 0 Å². The van der Waals surface area contributed by atoms with E-state index in [0.717, 1.165) is 11.3 Å². The number of esters is 1. The van der Waals surface area contributed by atoms with Gasteiger partial charge in [0.25, 0.3) is 0 Å². The van der Waals surface area contributed by atoms with Crippen LogP contribution in [0.2, 0.25) is 5.02 Å². The Labute approximate surface area is 138 Å². The molecule has 6 nitrogen and oxygen atoms in total. The zero-order valence-corrected chi connectivity index (χ0v) is 13.1. The SMILES string of the molecule is Cc1ccc2c(c1)N(CC(=O)Nc1ccc(Cl)cn1)CC(=O)O2. The highest BCUT2D eigenvalue weighted by Crippen LogP contribution is 2.32. The molecule has 0 unspecified atom stereocenters. The minimum absolute atomic E-state index is 0.0237.